The van der Waals surface area contributed by atoms with Crippen LogP contribution in [-0.2, 0) is 12.4 Å². The number of nitrogens with one attached hydrogen (secondary N) is 1. The normalized spacial score (nSPS) is 18.8. The topological polar surface area (TPSA) is 72.9 Å². The molecule has 3 rings (SSSR count). The van der Waals surface area contributed by atoms with Gasteiger partial charge in [-0.05, 0) is 42.3 Å². The van der Waals surface area contributed by atoms with Crippen LogP contribution in [0.15, 0.2) is 42.5 Å². The van der Waals surface area contributed by atoms with E-state index in [0.29, 0.717) is 22.6 Å². The van der Waals surface area contributed by atoms with Crippen LogP contribution in [0.4, 0.5) is 46.0 Å². The molecule has 0 unspecified atom stereocenters. The van der Waals surface area contributed by atoms with Gasteiger partial charge in [0.1, 0.15) is 5.82 Å². The summed E-state index contributed by atoms with van der Waals surface area (Å²) in [7, 11) is 1.02. The Morgan fingerprint density at radius 1 is 1.00 bits per heavy atom. The minimum atomic E-state index is -5.08. The molecule has 0 aromatic heterocycles. The van der Waals surface area contributed by atoms with Gasteiger partial charge in [0.05, 0.1) is 11.1 Å². The van der Waals surface area contributed by atoms with Gasteiger partial charge >= 0.3 is 24.5 Å². The van der Waals surface area contributed by atoms with Crippen molar-refractivity contribution < 1.29 is 45.4 Å². The molecule has 1 aliphatic heterocycles. The number of halogens is 7. The van der Waals surface area contributed by atoms with Crippen LogP contribution in [-0.4, -0.2) is 48.3 Å². The quantitative estimate of drug-likeness (QED) is 0.536. The highest BCUT2D eigenvalue weighted by molar-refractivity contribution is 5.92. The van der Waals surface area contributed by atoms with Crippen LogP contribution < -0.4 is 10.2 Å². The van der Waals surface area contributed by atoms with Crippen LogP contribution in [0.5, 0.6) is 0 Å². The zero-order chi connectivity index (χ0) is 26.1. The van der Waals surface area contributed by atoms with Crippen molar-refractivity contribution in [2.24, 2.45) is 0 Å². The van der Waals surface area contributed by atoms with Crippen LogP contribution in [0.2, 0.25) is 0 Å². The lowest BCUT2D eigenvalue weighted by Crippen LogP contribution is -2.53. The summed E-state index contributed by atoms with van der Waals surface area (Å²) in [6.45, 7) is -0.0269. The summed E-state index contributed by atoms with van der Waals surface area (Å²) in [5.41, 5.74) is -3.27. The Morgan fingerprint density at radius 3 is 2.03 bits per heavy atom. The van der Waals surface area contributed by atoms with Crippen LogP contribution in [0, 0.1) is 5.82 Å². The molecule has 0 radical (unpaired) electrons. The van der Waals surface area contributed by atoms with E-state index in [4.69, 9.17) is 0 Å². The van der Waals surface area contributed by atoms with Gasteiger partial charge in [-0.1, -0.05) is 12.1 Å². The van der Waals surface area contributed by atoms with Gasteiger partial charge in [-0.25, -0.2) is 14.0 Å². The first-order valence-corrected chi connectivity index (χ1v) is 10.2. The van der Waals surface area contributed by atoms with Gasteiger partial charge in [-0.2, -0.15) is 26.3 Å². The molecule has 1 saturated heterocycles. The van der Waals surface area contributed by atoms with Crippen molar-refractivity contribution in [3.63, 3.8) is 0 Å². The molecule has 13 heteroatoms. The van der Waals surface area contributed by atoms with E-state index in [0.717, 1.165) is 24.1 Å². The molecule has 0 saturated carbocycles. The molecule has 1 fully saturated rings. The molecule has 3 amide bonds. The molecule has 0 spiro atoms. The third-order valence-electron chi connectivity index (χ3n) is 5.75. The number of hydrogen-bond donors (Lipinski definition) is 2. The minimum Gasteiger partial charge on any atom is -0.465 e. The van der Waals surface area contributed by atoms with Crippen molar-refractivity contribution in [1.82, 2.24) is 10.2 Å². The van der Waals surface area contributed by atoms with Crippen LogP contribution in [0.3, 0.4) is 0 Å². The first kappa shape index (κ1) is 26.1. The van der Waals surface area contributed by atoms with Gasteiger partial charge in [0.25, 0.3) is 0 Å². The Labute approximate surface area is 194 Å². The Bertz CT molecular complexity index is 1050. The van der Waals surface area contributed by atoms with E-state index in [9.17, 15) is 45.4 Å². The van der Waals surface area contributed by atoms with Gasteiger partial charge in [0.15, 0.2) is 0 Å². The van der Waals surface area contributed by atoms with Crippen molar-refractivity contribution in [1.29, 1.82) is 0 Å². The number of urea groups is 1. The third-order valence-corrected chi connectivity index (χ3v) is 5.75. The number of carboxylic acid groups (broad SMARTS) is 1. The number of carbonyl (C=O) groups excluding carboxylic acids is 1. The van der Waals surface area contributed by atoms with E-state index in [-0.39, 0.29) is 25.6 Å². The van der Waals surface area contributed by atoms with Crippen molar-refractivity contribution in [3.8, 4) is 0 Å². The van der Waals surface area contributed by atoms with E-state index < -0.39 is 59.1 Å². The number of amides is 3. The summed E-state index contributed by atoms with van der Waals surface area (Å²) in [5.74, 6) is -1.17. The molecular weight excluding hydrogens is 487 g/mol. The van der Waals surface area contributed by atoms with Crippen molar-refractivity contribution in [2.45, 2.75) is 30.7 Å². The smallest absolute Gasteiger partial charge is 0.416 e. The maximum Gasteiger partial charge on any atom is 0.416 e. The molecule has 2 aromatic rings. The first-order chi connectivity index (χ1) is 16.2. The Morgan fingerprint density at radius 2 is 1.54 bits per heavy atom. The summed E-state index contributed by atoms with van der Waals surface area (Å²) < 4.78 is 92.4. The predicted octanol–water partition coefficient (Wildman–Crippen LogP) is 5.55. The number of benzene rings is 2. The minimum absolute atomic E-state index is 0.0312. The van der Waals surface area contributed by atoms with E-state index >= 15 is 0 Å². The molecule has 2 atom stereocenters. The molecule has 0 aliphatic carbocycles. The lowest BCUT2D eigenvalue weighted by molar-refractivity contribution is -0.143. The van der Waals surface area contributed by atoms with Crippen LogP contribution in [0.1, 0.15) is 29.0 Å². The van der Waals surface area contributed by atoms with E-state index in [1.54, 1.807) is 0 Å². The number of rotatable bonds is 3. The number of hydrogen-bond acceptors (Lipinski definition) is 2. The lowest BCUT2D eigenvalue weighted by Gasteiger charge is -2.38. The second-order valence-electron chi connectivity index (χ2n) is 8.05. The third kappa shape index (κ3) is 6.14. The number of likely N-dealkylation sites (tertiary alicyclic amines) is 1. The molecule has 1 heterocycles. The molecule has 2 aromatic carbocycles. The van der Waals surface area contributed by atoms with Gasteiger partial charge in [-0.15, -0.1) is 0 Å². The first-order valence-electron chi connectivity index (χ1n) is 10.2. The zero-order valence-corrected chi connectivity index (χ0v) is 18.1. The molecular formula is C22H20F7N3O3. The summed E-state index contributed by atoms with van der Waals surface area (Å²) in [6.07, 6.45) is -11.2. The maximum absolute atomic E-state index is 13.4. The Balaban J connectivity index is 1.88. The summed E-state index contributed by atoms with van der Waals surface area (Å²) in [5, 5.41) is 11.9. The van der Waals surface area contributed by atoms with Crippen LogP contribution >= 0.6 is 0 Å². The summed E-state index contributed by atoms with van der Waals surface area (Å²) in [4.78, 5) is 26.0. The summed E-state index contributed by atoms with van der Waals surface area (Å²) >= 11 is 0. The molecule has 35 heavy (non-hydrogen) atoms. The van der Waals surface area contributed by atoms with Gasteiger partial charge < -0.3 is 15.3 Å². The van der Waals surface area contributed by atoms with Crippen molar-refractivity contribution >= 4 is 17.8 Å². The molecule has 6 nitrogen and oxygen atoms in total. The molecule has 0 bridgehead atoms. The van der Waals surface area contributed by atoms with Gasteiger partial charge in [0, 0.05) is 37.8 Å². The number of carbonyl (C=O) groups is 2. The predicted molar refractivity (Wildman–Crippen MR) is 111 cm³/mol. The van der Waals surface area contributed by atoms with Crippen molar-refractivity contribution in [3.05, 3.63) is 65.0 Å². The highest BCUT2D eigenvalue weighted by atomic mass is 19.4. The average Bonchev–Trinajstić information content (AvgIpc) is 2.77. The Hall–Kier alpha value is -3.51. The van der Waals surface area contributed by atoms with Crippen molar-refractivity contribution in [2.75, 3.05) is 25.0 Å². The lowest BCUT2D eigenvalue weighted by atomic mass is 9.86. The monoisotopic (exact) mass is 507 g/mol. The number of alkyl halides is 6. The van der Waals surface area contributed by atoms with Crippen LogP contribution in [0.25, 0.3) is 0 Å². The molecule has 1 aliphatic rings. The molecule has 190 valence electrons. The van der Waals surface area contributed by atoms with E-state index in [2.05, 4.69) is 5.32 Å². The largest absolute Gasteiger partial charge is 0.465 e. The fourth-order valence-electron chi connectivity index (χ4n) is 3.85. The summed E-state index contributed by atoms with van der Waals surface area (Å²) in [6, 6.07) is 4.24. The van der Waals surface area contributed by atoms with Gasteiger partial charge in [0.2, 0.25) is 0 Å². The fourth-order valence-corrected chi connectivity index (χ4v) is 3.85. The van der Waals surface area contributed by atoms with Gasteiger partial charge in [-0.3, -0.25) is 4.90 Å². The second-order valence-corrected chi connectivity index (χ2v) is 8.05. The van der Waals surface area contributed by atoms with E-state index in [1.165, 1.54) is 12.1 Å². The SMILES string of the molecule is CN(C(=O)N[C@H]1CCN(C(=O)O)C[C@H]1c1ccc(F)cc1)c1cc(C(F)(F)F)cc(C(F)(F)F)c1. The maximum atomic E-state index is 13.4. The molecule has 2 N–H and O–H groups in total. The number of anilines is 1. The zero-order valence-electron chi connectivity index (χ0n) is 18.1. The average molecular weight is 507 g/mol. The standard InChI is InChI=1S/C22H20F7N3O3/c1-31(16-9-13(21(24,25)26)8-14(10-16)22(27,28)29)19(33)30-18-6-7-32(20(34)35)11-17(18)12-2-4-15(23)5-3-12/h2-5,8-10,17-18H,6-7,11H2,1H3,(H,30,33)(H,34,35)/t17-,18-/m0/s1. The highest BCUT2D eigenvalue weighted by Gasteiger charge is 2.38. The number of nitrogens with zero attached hydrogens (tertiary/aromatic N) is 2. The highest BCUT2D eigenvalue weighted by Crippen LogP contribution is 2.38. The second kappa shape index (κ2) is 9.62. The van der Waals surface area contributed by atoms with E-state index in [1.807, 2.05) is 0 Å². The Kier molecular flexibility index (Phi) is 7.18. The fraction of sp³-hybridized carbons (Fsp3) is 0.364. The number of piperidine rings is 1.